The molecular formula is C13H14Cl2O3. The summed E-state index contributed by atoms with van der Waals surface area (Å²) in [4.78, 5) is 10.4. The third-order valence-corrected chi connectivity index (χ3v) is 3.32. The van der Waals surface area contributed by atoms with Gasteiger partial charge in [0.15, 0.2) is 6.61 Å². The summed E-state index contributed by atoms with van der Waals surface area (Å²) in [6.07, 6.45) is 1.51. The summed E-state index contributed by atoms with van der Waals surface area (Å²) in [5.74, 6) is -0.791. The van der Waals surface area contributed by atoms with Gasteiger partial charge in [0.1, 0.15) is 10.8 Å². The molecule has 3 nitrogen and oxygen atoms in total. The van der Waals surface area contributed by atoms with Crippen molar-refractivity contribution in [2.75, 3.05) is 6.61 Å². The van der Waals surface area contributed by atoms with Crippen LogP contribution in [0.5, 0.6) is 5.75 Å². The molecule has 0 heterocycles. The number of rotatable bonds is 6. The first kappa shape index (κ1) is 14.9. The number of carbonyl (C=O) groups is 1. The molecule has 0 aliphatic heterocycles. The molecule has 0 unspecified atom stereocenters. The summed E-state index contributed by atoms with van der Waals surface area (Å²) in [6, 6.07) is 3.39. The number of aliphatic carboxylic acids is 1. The van der Waals surface area contributed by atoms with Gasteiger partial charge < -0.3 is 9.84 Å². The number of allylic oxidation sites excluding steroid dienone is 1. The maximum atomic E-state index is 10.4. The molecule has 98 valence electrons. The minimum atomic E-state index is -1.06. The van der Waals surface area contributed by atoms with Crippen molar-refractivity contribution in [3.05, 3.63) is 39.9 Å². The predicted molar refractivity (Wildman–Crippen MR) is 72.7 cm³/mol. The highest BCUT2D eigenvalue weighted by molar-refractivity contribution is 6.43. The average Bonchev–Trinajstić information content (AvgIpc) is 2.33. The molecule has 0 fully saturated rings. The first-order valence-electron chi connectivity index (χ1n) is 5.43. The molecule has 1 N–H and O–H groups in total. The summed E-state index contributed by atoms with van der Waals surface area (Å²) in [5.41, 5.74) is 1.91. The van der Waals surface area contributed by atoms with Gasteiger partial charge in [-0.25, -0.2) is 4.79 Å². The van der Waals surface area contributed by atoms with Gasteiger partial charge in [0, 0.05) is 0 Å². The maximum Gasteiger partial charge on any atom is 0.341 e. The molecule has 0 saturated carbocycles. The van der Waals surface area contributed by atoms with Crippen molar-refractivity contribution < 1.29 is 14.6 Å². The van der Waals surface area contributed by atoms with Crippen LogP contribution in [0.2, 0.25) is 10.0 Å². The summed E-state index contributed by atoms with van der Waals surface area (Å²) in [6.45, 7) is 5.48. The quantitative estimate of drug-likeness (QED) is 0.806. The van der Waals surface area contributed by atoms with Crippen molar-refractivity contribution in [2.45, 2.75) is 19.8 Å². The molecule has 0 radical (unpaired) electrons. The molecule has 0 saturated heterocycles. The Kier molecular flexibility index (Phi) is 5.51. The van der Waals surface area contributed by atoms with Crippen LogP contribution >= 0.6 is 23.2 Å². The normalized spacial score (nSPS) is 10.2. The van der Waals surface area contributed by atoms with Crippen molar-refractivity contribution in [1.82, 2.24) is 0 Å². The number of carboxylic acid groups (broad SMARTS) is 1. The van der Waals surface area contributed by atoms with Gasteiger partial charge in [0.05, 0.1) is 5.02 Å². The second kappa shape index (κ2) is 6.66. The van der Waals surface area contributed by atoms with E-state index in [0.29, 0.717) is 11.4 Å². The van der Waals surface area contributed by atoms with E-state index in [0.717, 1.165) is 17.6 Å². The molecule has 1 aromatic carbocycles. The largest absolute Gasteiger partial charge is 0.480 e. The lowest BCUT2D eigenvalue weighted by Gasteiger charge is -2.11. The van der Waals surface area contributed by atoms with Crippen LogP contribution in [0, 0.1) is 0 Å². The van der Waals surface area contributed by atoms with Crippen LogP contribution in [0.4, 0.5) is 0 Å². The van der Waals surface area contributed by atoms with Crippen LogP contribution in [0.15, 0.2) is 24.3 Å². The second-order valence-electron chi connectivity index (χ2n) is 3.81. The van der Waals surface area contributed by atoms with E-state index < -0.39 is 12.6 Å². The van der Waals surface area contributed by atoms with Crippen molar-refractivity contribution in [3.8, 4) is 5.75 Å². The molecule has 1 aromatic rings. The first-order valence-corrected chi connectivity index (χ1v) is 6.19. The number of hydrogen-bond donors (Lipinski definition) is 1. The number of benzene rings is 1. The van der Waals surface area contributed by atoms with Gasteiger partial charge in [-0.3, -0.25) is 0 Å². The SMILES string of the molecule is C=C(CC)Cc1ccc(OCC(=O)O)c(Cl)c1Cl. The maximum absolute atomic E-state index is 10.4. The Hall–Kier alpha value is -1.19. The summed E-state index contributed by atoms with van der Waals surface area (Å²) >= 11 is 12.1. The smallest absolute Gasteiger partial charge is 0.341 e. The molecule has 18 heavy (non-hydrogen) atoms. The highest BCUT2D eigenvalue weighted by Gasteiger charge is 2.12. The van der Waals surface area contributed by atoms with Gasteiger partial charge in [0.25, 0.3) is 0 Å². The Morgan fingerprint density at radius 3 is 2.61 bits per heavy atom. The van der Waals surface area contributed by atoms with E-state index in [1.807, 2.05) is 6.92 Å². The van der Waals surface area contributed by atoms with Crippen LogP contribution in [0.25, 0.3) is 0 Å². The number of ether oxygens (including phenoxy) is 1. The number of halogens is 2. The van der Waals surface area contributed by atoms with Crippen LogP contribution in [-0.2, 0) is 11.2 Å². The predicted octanol–water partition coefficient (Wildman–Crippen LogP) is 3.97. The van der Waals surface area contributed by atoms with Crippen molar-refractivity contribution in [2.24, 2.45) is 0 Å². The van der Waals surface area contributed by atoms with Gasteiger partial charge in [-0.05, 0) is 24.5 Å². The topological polar surface area (TPSA) is 46.5 Å². The zero-order chi connectivity index (χ0) is 13.7. The Labute approximate surface area is 116 Å². The summed E-state index contributed by atoms with van der Waals surface area (Å²) in [5, 5.41) is 9.15. The van der Waals surface area contributed by atoms with Crippen LogP contribution in [-0.4, -0.2) is 17.7 Å². The molecule has 0 amide bonds. The summed E-state index contributed by atoms with van der Waals surface area (Å²) in [7, 11) is 0. The Morgan fingerprint density at radius 2 is 2.06 bits per heavy atom. The Morgan fingerprint density at radius 1 is 1.39 bits per heavy atom. The highest BCUT2D eigenvalue weighted by atomic mass is 35.5. The molecule has 0 aliphatic carbocycles. The lowest BCUT2D eigenvalue weighted by atomic mass is 10.0. The van der Waals surface area contributed by atoms with E-state index in [9.17, 15) is 4.79 Å². The third-order valence-electron chi connectivity index (χ3n) is 2.42. The fourth-order valence-corrected chi connectivity index (χ4v) is 1.82. The molecule has 0 spiro atoms. The van der Waals surface area contributed by atoms with Gasteiger partial charge in [-0.15, -0.1) is 0 Å². The van der Waals surface area contributed by atoms with E-state index >= 15 is 0 Å². The van der Waals surface area contributed by atoms with Crippen molar-refractivity contribution in [1.29, 1.82) is 0 Å². The third kappa shape index (κ3) is 3.93. The lowest BCUT2D eigenvalue weighted by Crippen LogP contribution is -2.09. The van der Waals surface area contributed by atoms with Gasteiger partial charge in [-0.2, -0.15) is 0 Å². The zero-order valence-corrected chi connectivity index (χ0v) is 11.5. The van der Waals surface area contributed by atoms with Crippen molar-refractivity contribution >= 4 is 29.2 Å². The standard InChI is InChI=1S/C13H14Cl2O3/c1-3-8(2)6-9-4-5-10(13(15)12(9)14)18-7-11(16)17/h4-5H,2-3,6-7H2,1H3,(H,16,17). The monoisotopic (exact) mass is 288 g/mol. The molecular weight excluding hydrogens is 275 g/mol. The molecule has 0 atom stereocenters. The number of hydrogen-bond acceptors (Lipinski definition) is 2. The van der Waals surface area contributed by atoms with Gasteiger partial charge >= 0.3 is 5.97 Å². The zero-order valence-electron chi connectivity index (χ0n) is 10.0. The molecule has 0 aromatic heterocycles. The molecule has 5 heteroatoms. The average molecular weight is 289 g/mol. The van der Waals surface area contributed by atoms with E-state index in [4.69, 9.17) is 33.0 Å². The molecule has 0 bridgehead atoms. The van der Waals surface area contributed by atoms with Gasteiger partial charge in [0.2, 0.25) is 0 Å². The van der Waals surface area contributed by atoms with E-state index in [-0.39, 0.29) is 10.8 Å². The lowest BCUT2D eigenvalue weighted by molar-refractivity contribution is -0.139. The summed E-state index contributed by atoms with van der Waals surface area (Å²) < 4.78 is 5.03. The molecule has 1 rings (SSSR count). The first-order chi connectivity index (χ1) is 8.45. The van der Waals surface area contributed by atoms with E-state index in [1.54, 1.807) is 12.1 Å². The van der Waals surface area contributed by atoms with Crippen LogP contribution < -0.4 is 4.74 Å². The Balaban J connectivity index is 2.90. The minimum Gasteiger partial charge on any atom is -0.480 e. The van der Waals surface area contributed by atoms with E-state index in [2.05, 4.69) is 6.58 Å². The highest BCUT2D eigenvalue weighted by Crippen LogP contribution is 2.35. The fraction of sp³-hybridized carbons (Fsp3) is 0.308. The van der Waals surface area contributed by atoms with Crippen LogP contribution in [0.1, 0.15) is 18.9 Å². The Bertz CT molecular complexity index is 470. The minimum absolute atomic E-state index is 0.235. The molecule has 0 aliphatic rings. The fourth-order valence-electron chi connectivity index (χ4n) is 1.35. The second-order valence-corrected chi connectivity index (χ2v) is 4.57. The van der Waals surface area contributed by atoms with Crippen LogP contribution in [0.3, 0.4) is 0 Å². The number of carboxylic acids is 1. The van der Waals surface area contributed by atoms with Crippen molar-refractivity contribution in [3.63, 3.8) is 0 Å². The van der Waals surface area contributed by atoms with E-state index in [1.165, 1.54) is 0 Å². The van der Waals surface area contributed by atoms with Gasteiger partial charge in [-0.1, -0.05) is 48.3 Å².